The summed E-state index contributed by atoms with van der Waals surface area (Å²) in [7, 11) is 0. The zero-order chi connectivity index (χ0) is 52.6. The highest BCUT2D eigenvalue weighted by atomic mass is 14.8. The van der Waals surface area contributed by atoms with E-state index in [2.05, 4.69) is 279 Å². The van der Waals surface area contributed by atoms with Crippen molar-refractivity contribution in [3.8, 4) is 112 Å². The van der Waals surface area contributed by atoms with E-state index in [1.807, 2.05) is 60.8 Å². The molecule has 13 aromatic rings. The summed E-state index contributed by atoms with van der Waals surface area (Å²) in [6.07, 6.45) is 1.85. The monoisotopic (exact) mass is 996 g/mol. The van der Waals surface area contributed by atoms with Crippen molar-refractivity contribution in [3.05, 3.63) is 340 Å². The predicted octanol–water partition coefficient (Wildman–Crippen LogP) is 20.5. The minimum Gasteiger partial charge on any atom is -0.252 e. The van der Waals surface area contributed by atoms with E-state index in [1.165, 1.54) is 77.9 Å². The second-order valence-electron chi connectivity index (χ2n) is 18.8. The van der Waals surface area contributed by atoms with Crippen molar-refractivity contribution in [3.63, 3.8) is 0 Å². The maximum Gasteiger partial charge on any atom is 0.0972 e. The van der Waals surface area contributed by atoms with E-state index >= 15 is 0 Å². The quantitative estimate of drug-likeness (QED) is 0.136. The summed E-state index contributed by atoms with van der Waals surface area (Å²) in [4.78, 5) is 9.67. The molecule has 13 rings (SSSR count). The predicted molar refractivity (Wildman–Crippen MR) is 329 cm³/mol. The Morgan fingerprint density at radius 1 is 0.179 bits per heavy atom. The van der Waals surface area contributed by atoms with Gasteiger partial charge in [0.25, 0.3) is 0 Å². The molecule has 0 saturated carbocycles. The smallest absolute Gasteiger partial charge is 0.0972 e. The molecule has 0 atom stereocenters. The third-order valence-electron chi connectivity index (χ3n) is 13.7. The highest BCUT2D eigenvalue weighted by Crippen LogP contribution is 2.45. The minimum absolute atomic E-state index is 0.883. The van der Waals surface area contributed by atoms with Crippen LogP contribution in [-0.2, 0) is 0 Å². The third-order valence-corrected chi connectivity index (χ3v) is 13.7. The molecule has 2 heteroatoms. The van der Waals surface area contributed by atoms with Gasteiger partial charge in [0, 0.05) is 16.7 Å². The van der Waals surface area contributed by atoms with Gasteiger partial charge in [0.2, 0.25) is 0 Å². The van der Waals surface area contributed by atoms with E-state index in [9.17, 15) is 0 Å². The summed E-state index contributed by atoms with van der Waals surface area (Å²) >= 11 is 0. The second-order valence-corrected chi connectivity index (χ2v) is 18.8. The first-order valence-corrected chi connectivity index (χ1v) is 26.5. The maximum atomic E-state index is 4.93. The fourth-order valence-corrected chi connectivity index (χ4v) is 9.89. The first kappa shape index (κ1) is 49.9. The zero-order valence-electron chi connectivity index (χ0n) is 43.2. The van der Waals surface area contributed by atoms with E-state index in [-0.39, 0.29) is 0 Å². The average Bonchev–Trinajstić information content (AvgIpc) is 3.61. The van der Waals surface area contributed by atoms with Gasteiger partial charge in [0.1, 0.15) is 0 Å². The molecule has 0 spiro atoms. The fraction of sp³-hybridized carbons (Fsp3) is 0. The molecule has 78 heavy (non-hydrogen) atoms. The van der Waals surface area contributed by atoms with Gasteiger partial charge in [0.15, 0.2) is 0 Å². The summed E-state index contributed by atoms with van der Waals surface area (Å²) in [6.45, 7) is 0. The number of aromatic nitrogens is 2. The summed E-state index contributed by atoms with van der Waals surface area (Å²) in [5.74, 6) is 0. The summed E-state index contributed by atoms with van der Waals surface area (Å²) in [5, 5.41) is 0. The summed E-state index contributed by atoms with van der Waals surface area (Å²) in [5.41, 5.74) is 23.3. The Hall–Kier alpha value is -10.3. The van der Waals surface area contributed by atoms with Crippen molar-refractivity contribution < 1.29 is 0 Å². The molecule has 0 aliphatic rings. The molecule has 0 radical (unpaired) electrons. The van der Waals surface area contributed by atoms with Crippen LogP contribution < -0.4 is 0 Å². The van der Waals surface area contributed by atoms with Crippen LogP contribution >= 0.6 is 0 Å². The van der Waals surface area contributed by atoms with E-state index in [0.29, 0.717) is 0 Å². The molecular weight excluding hydrogens is 941 g/mol. The van der Waals surface area contributed by atoms with Crippen LogP contribution in [0.4, 0.5) is 0 Å². The lowest BCUT2D eigenvalue weighted by Crippen LogP contribution is -1.95. The highest BCUT2D eigenvalue weighted by Gasteiger charge is 2.19. The molecule has 0 N–H and O–H groups in total. The molecule has 0 fully saturated rings. The van der Waals surface area contributed by atoms with Crippen LogP contribution in [0.1, 0.15) is 0 Å². The maximum absolute atomic E-state index is 4.93. The van der Waals surface area contributed by atoms with Gasteiger partial charge in [-0.05, 0) is 96.1 Å². The summed E-state index contributed by atoms with van der Waals surface area (Å²) < 4.78 is 0. The number of hydrogen-bond donors (Lipinski definition) is 0. The molecule has 0 saturated heterocycles. The first-order chi connectivity index (χ1) is 38.7. The van der Waals surface area contributed by atoms with Crippen LogP contribution in [0, 0.1) is 0 Å². The Labute approximate surface area is 459 Å². The third kappa shape index (κ3) is 12.0. The molecular formula is C76H56N2. The van der Waals surface area contributed by atoms with Crippen LogP contribution in [0.3, 0.4) is 0 Å². The van der Waals surface area contributed by atoms with Crippen molar-refractivity contribution in [1.29, 1.82) is 0 Å². The van der Waals surface area contributed by atoms with E-state index in [4.69, 9.17) is 9.97 Å². The molecule has 370 valence electrons. The first-order valence-electron chi connectivity index (χ1n) is 26.5. The molecule has 2 nitrogen and oxygen atoms in total. The van der Waals surface area contributed by atoms with Crippen molar-refractivity contribution >= 4 is 0 Å². The van der Waals surface area contributed by atoms with Crippen LogP contribution in [0.25, 0.3) is 112 Å². The molecule has 0 amide bonds. The van der Waals surface area contributed by atoms with Gasteiger partial charge < -0.3 is 0 Å². The van der Waals surface area contributed by atoms with E-state index < -0.39 is 0 Å². The molecule has 1 aromatic heterocycles. The Morgan fingerprint density at radius 3 is 0.731 bits per heavy atom. The summed E-state index contributed by atoms with van der Waals surface area (Å²) in [6, 6.07) is 116. The number of nitrogens with zero attached hydrogens (tertiary/aromatic N) is 2. The molecule has 1 heterocycles. The lowest BCUT2D eigenvalue weighted by Gasteiger charge is -2.20. The fourth-order valence-electron chi connectivity index (χ4n) is 9.89. The van der Waals surface area contributed by atoms with E-state index in [1.54, 1.807) is 0 Å². The standard InChI is InChI=1S/C30H22.C24H18.C22H16N2/c1-5-13-23(14-6-1)27-21-22-28(24-15-7-2-8-16-24)30(26-19-11-4-12-20-26)29(27)25-17-9-3-10-18-25;1-4-10-19(11-5-1)22-16-23(20-12-6-2-7-13-20)18-24(17-22)21-14-8-3-9-15-21;1-4-10-17(11-5-1)20-16-23-21(18-12-6-2-7-13-18)22(24-20)19-14-8-3-9-15-19/h1-22H;1-18H;1-16H. The van der Waals surface area contributed by atoms with Gasteiger partial charge in [0.05, 0.1) is 23.3 Å². The number of hydrogen-bond acceptors (Lipinski definition) is 2. The molecule has 0 bridgehead atoms. The van der Waals surface area contributed by atoms with Gasteiger partial charge in [-0.15, -0.1) is 0 Å². The van der Waals surface area contributed by atoms with Crippen molar-refractivity contribution in [2.24, 2.45) is 0 Å². The van der Waals surface area contributed by atoms with Gasteiger partial charge in [-0.3, -0.25) is 4.98 Å². The molecule has 0 unspecified atom stereocenters. The van der Waals surface area contributed by atoms with Gasteiger partial charge in [-0.2, -0.15) is 0 Å². The van der Waals surface area contributed by atoms with Crippen LogP contribution in [0.2, 0.25) is 0 Å². The van der Waals surface area contributed by atoms with Crippen LogP contribution in [0.5, 0.6) is 0 Å². The van der Waals surface area contributed by atoms with Crippen molar-refractivity contribution in [2.45, 2.75) is 0 Å². The largest absolute Gasteiger partial charge is 0.252 e. The Balaban J connectivity index is 0.000000125. The second kappa shape index (κ2) is 24.8. The highest BCUT2D eigenvalue weighted by molar-refractivity contribution is 6.01. The lowest BCUT2D eigenvalue weighted by molar-refractivity contribution is 1.21. The molecule has 0 aliphatic heterocycles. The lowest BCUT2D eigenvalue weighted by atomic mass is 9.83. The average molecular weight is 997 g/mol. The van der Waals surface area contributed by atoms with Crippen LogP contribution in [0.15, 0.2) is 340 Å². The zero-order valence-corrected chi connectivity index (χ0v) is 43.2. The Kier molecular flexibility index (Phi) is 15.9. The van der Waals surface area contributed by atoms with Gasteiger partial charge in [-0.25, -0.2) is 4.98 Å². The number of rotatable bonds is 10. The minimum atomic E-state index is 0.883. The number of benzene rings is 12. The van der Waals surface area contributed by atoms with Crippen LogP contribution in [-0.4, -0.2) is 9.97 Å². The SMILES string of the molecule is c1ccc(-c2cc(-c3ccccc3)cc(-c3ccccc3)c2)cc1.c1ccc(-c2ccc(-c3ccccc3)c(-c3ccccc3)c2-c2ccccc2)cc1.c1ccc(-c2cnc(-c3ccccc3)c(-c3ccccc3)n2)cc1. The van der Waals surface area contributed by atoms with Gasteiger partial charge in [-0.1, -0.05) is 315 Å². The normalized spacial score (nSPS) is 10.6. The van der Waals surface area contributed by atoms with Crippen molar-refractivity contribution in [2.75, 3.05) is 0 Å². The topological polar surface area (TPSA) is 25.8 Å². The Morgan fingerprint density at radius 2 is 0.423 bits per heavy atom. The van der Waals surface area contributed by atoms with Gasteiger partial charge >= 0.3 is 0 Å². The molecule has 12 aromatic carbocycles. The van der Waals surface area contributed by atoms with Crippen molar-refractivity contribution in [1.82, 2.24) is 9.97 Å². The Bertz CT molecular complexity index is 3690. The molecule has 0 aliphatic carbocycles. The van der Waals surface area contributed by atoms with E-state index in [0.717, 1.165) is 33.8 Å².